The van der Waals surface area contributed by atoms with Gasteiger partial charge >= 0.3 is 0 Å². The van der Waals surface area contributed by atoms with Crippen molar-refractivity contribution in [1.82, 2.24) is 15.1 Å². The Morgan fingerprint density at radius 1 is 1.32 bits per heavy atom. The van der Waals surface area contributed by atoms with Crippen LogP contribution in [-0.2, 0) is 5.60 Å². The van der Waals surface area contributed by atoms with E-state index in [1.54, 1.807) is 25.7 Å². The third-order valence-corrected chi connectivity index (χ3v) is 5.17. The van der Waals surface area contributed by atoms with E-state index in [1.165, 1.54) is 31.3 Å². The molecule has 2 atom stereocenters. The van der Waals surface area contributed by atoms with Gasteiger partial charge in [-0.2, -0.15) is 0 Å². The van der Waals surface area contributed by atoms with E-state index < -0.39 is 17.2 Å². The van der Waals surface area contributed by atoms with Gasteiger partial charge in [0.25, 0.3) is 0 Å². The molecule has 0 amide bonds. The molecule has 0 fully saturated rings. The van der Waals surface area contributed by atoms with Crippen molar-refractivity contribution in [3.8, 4) is 11.3 Å². The molecule has 0 spiro atoms. The molecular weight excluding hydrogens is 404 g/mol. The highest BCUT2D eigenvalue weighted by Crippen LogP contribution is 2.35. The zero-order valence-electron chi connectivity index (χ0n) is 16.7. The van der Waals surface area contributed by atoms with Gasteiger partial charge in [0.1, 0.15) is 16.9 Å². The van der Waals surface area contributed by atoms with Crippen LogP contribution in [0, 0.1) is 17.0 Å². The SMILES string of the molecule is CN=CC(C=N)c1cnc2[nH]cc(-c3cc(C(C)(O)c4cccc(F)c4F)on3)c2c1. The minimum Gasteiger partial charge on any atom is -0.377 e. The molecule has 158 valence electrons. The van der Waals surface area contributed by atoms with Gasteiger partial charge in [-0.25, -0.2) is 13.8 Å². The second-order valence-electron chi connectivity index (χ2n) is 7.22. The summed E-state index contributed by atoms with van der Waals surface area (Å²) in [7, 11) is 1.63. The van der Waals surface area contributed by atoms with Crippen LogP contribution < -0.4 is 0 Å². The average molecular weight is 423 g/mol. The number of aromatic amines is 1. The summed E-state index contributed by atoms with van der Waals surface area (Å²) in [5.74, 6) is -2.58. The molecule has 0 aliphatic carbocycles. The molecule has 1 aromatic carbocycles. The van der Waals surface area contributed by atoms with Gasteiger partial charge < -0.3 is 20.0 Å². The van der Waals surface area contributed by atoms with E-state index in [9.17, 15) is 13.9 Å². The maximum absolute atomic E-state index is 14.2. The summed E-state index contributed by atoms with van der Waals surface area (Å²) in [5.41, 5.74) is 0.205. The molecule has 3 heterocycles. The van der Waals surface area contributed by atoms with Crippen molar-refractivity contribution in [3.05, 3.63) is 71.2 Å². The first-order valence-electron chi connectivity index (χ1n) is 9.41. The van der Waals surface area contributed by atoms with Crippen LogP contribution in [0.2, 0.25) is 0 Å². The molecule has 3 N–H and O–H groups in total. The summed E-state index contributed by atoms with van der Waals surface area (Å²) < 4.78 is 33.2. The van der Waals surface area contributed by atoms with Gasteiger partial charge in [-0.1, -0.05) is 17.3 Å². The number of nitrogens with zero attached hydrogens (tertiary/aromatic N) is 3. The summed E-state index contributed by atoms with van der Waals surface area (Å²) >= 11 is 0. The number of pyridine rings is 1. The van der Waals surface area contributed by atoms with Crippen LogP contribution in [0.4, 0.5) is 8.78 Å². The molecule has 3 aromatic heterocycles. The Balaban J connectivity index is 1.77. The second kappa shape index (κ2) is 7.84. The lowest BCUT2D eigenvalue weighted by Gasteiger charge is -2.21. The average Bonchev–Trinajstić information content (AvgIpc) is 3.40. The third kappa shape index (κ3) is 3.53. The van der Waals surface area contributed by atoms with E-state index in [1.807, 2.05) is 6.07 Å². The number of halogens is 2. The highest BCUT2D eigenvalue weighted by Gasteiger charge is 2.34. The molecule has 0 aliphatic heterocycles. The molecule has 4 aromatic rings. The number of hydrogen-bond donors (Lipinski definition) is 3. The zero-order chi connectivity index (χ0) is 22.2. The Labute approximate surface area is 176 Å². The number of benzene rings is 1. The van der Waals surface area contributed by atoms with Gasteiger partial charge in [0.15, 0.2) is 17.4 Å². The number of fused-ring (bicyclic) bond motifs is 1. The molecule has 0 saturated carbocycles. The summed E-state index contributed by atoms with van der Waals surface area (Å²) in [6.07, 6.45) is 6.25. The van der Waals surface area contributed by atoms with E-state index in [0.29, 0.717) is 16.9 Å². The van der Waals surface area contributed by atoms with E-state index in [4.69, 9.17) is 9.93 Å². The van der Waals surface area contributed by atoms with Crippen LogP contribution in [-0.4, -0.2) is 39.7 Å². The molecule has 4 rings (SSSR count). The van der Waals surface area contributed by atoms with Gasteiger partial charge in [-0.3, -0.25) is 4.99 Å². The number of aliphatic hydroxyl groups is 1. The highest BCUT2D eigenvalue weighted by atomic mass is 19.2. The van der Waals surface area contributed by atoms with E-state index in [-0.39, 0.29) is 17.2 Å². The minimum absolute atomic E-state index is 0.0408. The quantitative estimate of drug-likeness (QED) is 0.404. The lowest BCUT2D eigenvalue weighted by atomic mass is 9.92. The van der Waals surface area contributed by atoms with E-state index >= 15 is 0 Å². The molecule has 0 saturated heterocycles. The monoisotopic (exact) mass is 423 g/mol. The fraction of sp³-hybridized carbons (Fsp3) is 0.182. The second-order valence-corrected chi connectivity index (χ2v) is 7.22. The number of H-pyrrole nitrogens is 1. The number of aliphatic imine (C=N–C) groups is 1. The summed E-state index contributed by atoms with van der Waals surface area (Å²) in [6.45, 7) is 1.31. The fourth-order valence-corrected chi connectivity index (χ4v) is 3.44. The molecule has 7 nitrogen and oxygen atoms in total. The lowest BCUT2D eigenvalue weighted by Crippen LogP contribution is -2.24. The molecule has 0 radical (unpaired) electrons. The number of nitrogens with one attached hydrogen (secondary N) is 2. The minimum atomic E-state index is -1.93. The van der Waals surface area contributed by atoms with Crippen molar-refractivity contribution < 1.29 is 18.4 Å². The van der Waals surface area contributed by atoms with E-state index in [0.717, 1.165) is 17.0 Å². The van der Waals surface area contributed by atoms with Crippen molar-refractivity contribution in [2.75, 3.05) is 7.05 Å². The third-order valence-electron chi connectivity index (χ3n) is 5.17. The molecule has 0 bridgehead atoms. The van der Waals surface area contributed by atoms with Gasteiger partial charge in [-0.15, -0.1) is 0 Å². The Morgan fingerprint density at radius 3 is 2.87 bits per heavy atom. The van der Waals surface area contributed by atoms with Crippen molar-refractivity contribution in [3.63, 3.8) is 0 Å². The fourth-order valence-electron chi connectivity index (χ4n) is 3.44. The largest absolute Gasteiger partial charge is 0.377 e. The van der Waals surface area contributed by atoms with Gasteiger partial charge in [0.2, 0.25) is 0 Å². The van der Waals surface area contributed by atoms with Crippen molar-refractivity contribution in [2.45, 2.75) is 18.4 Å². The van der Waals surface area contributed by atoms with Crippen LogP contribution in [0.3, 0.4) is 0 Å². The number of rotatable bonds is 6. The topological polar surface area (TPSA) is 111 Å². The van der Waals surface area contributed by atoms with Crippen LogP contribution in [0.1, 0.15) is 29.7 Å². The standard InChI is InChI=1S/C22H19F2N5O2/c1-22(30,16-4-3-5-17(23)20(16)24)19-7-18(29-31-19)15-11-28-21-14(15)6-12(10-27-21)13(8-25)9-26-2/h3-11,13,25,30H,1-2H3,(H,27,28). The Bertz CT molecular complexity index is 1290. The maximum atomic E-state index is 14.2. The van der Waals surface area contributed by atoms with Crippen molar-refractivity contribution in [1.29, 1.82) is 5.41 Å². The summed E-state index contributed by atoms with van der Waals surface area (Å²) in [5, 5.41) is 23.2. The Kier molecular flexibility index (Phi) is 5.20. The molecule has 9 heteroatoms. The van der Waals surface area contributed by atoms with Crippen LogP contribution in [0.5, 0.6) is 0 Å². The Hall–Kier alpha value is -3.72. The molecular formula is C22H19F2N5O2. The van der Waals surface area contributed by atoms with Gasteiger partial charge in [0, 0.05) is 54.5 Å². The molecule has 31 heavy (non-hydrogen) atoms. The van der Waals surface area contributed by atoms with Crippen molar-refractivity contribution in [2.24, 2.45) is 4.99 Å². The first-order chi connectivity index (χ1) is 14.9. The Morgan fingerprint density at radius 2 is 2.13 bits per heavy atom. The van der Waals surface area contributed by atoms with Crippen molar-refractivity contribution >= 4 is 23.5 Å². The van der Waals surface area contributed by atoms with Gasteiger partial charge in [0.05, 0.1) is 5.92 Å². The lowest BCUT2D eigenvalue weighted by molar-refractivity contribution is 0.0651. The van der Waals surface area contributed by atoms with Gasteiger partial charge in [-0.05, 0) is 24.6 Å². The van der Waals surface area contributed by atoms with Crippen LogP contribution in [0.15, 0.2) is 52.2 Å². The number of hydrogen-bond acceptors (Lipinski definition) is 6. The summed E-state index contributed by atoms with van der Waals surface area (Å²) in [6, 6.07) is 6.91. The predicted molar refractivity (Wildman–Crippen MR) is 113 cm³/mol. The van der Waals surface area contributed by atoms with Crippen LogP contribution in [0.25, 0.3) is 22.3 Å². The van der Waals surface area contributed by atoms with Crippen LogP contribution >= 0.6 is 0 Å². The first kappa shape index (κ1) is 20.5. The molecule has 2 unspecified atom stereocenters. The normalized spacial score (nSPS) is 14.7. The smallest absolute Gasteiger partial charge is 0.173 e. The highest BCUT2D eigenvalue weighted by molar-refractivity contribution is 5.95. The summed E-state index contributed by atoms with van der Waals surface area (Å²) in [4.78, 5) is 11.4. The zero-order valence-corrected chi connectivity index (χ0v) is 16.7. The first-order valence-corrected chi connectivity index (χ1v) is 9.41. The maximum Gasteiger partial charge on any atom is 0.173 e. The molecule has 0 aliphatic rings. The predicted octanol–water partition coefficient (Wildman–Crippen LogP) is 4.19. The van der Waals surface area contributed by atoms with E-state index in [2.05, 4.69) is 20.1 Å². The number of aromatic nitrogens is 3.